The van der Waals surface area contributed by atoms with E-state index >= 15 is 0 Å². The molecule has 0 unspecified atom stereocenters. The molecule has 0 aliphatic carbocycles. The Morgan fingerprint density at radius 2 is 1.61 bits per heavy atom. The maximum Gasteiger partial charge on any atom is 0.278 e. The summed E-state index contributed by atoms with van der Waals surface area (Å²) in [5.74, 6) is 0.611. The van der Waals surface area contributed by atoms with Gasteiger partial charge in [-0.2, -0.15) is 0 Å². The zero-order valence-corrected chi connectivity index (χ0v) is 18.7. The number of amides is 2. The molecule has 0 radical (unpaired) electrons. The Morgan fingerprint density at radius 1 is 0.909 bits per heavy atom. The van der Waals surface area contributed by atoms with Crippen molar-refractivity contribution < 1.29 is 19.1 Å². The van der Waals surface area contributed by atoms with Gasteiger partial charge in [-0.3, -0.25) is 19.5 Å². The van der Waals surface area contributed by atoms with E-state index in [-0.39, 0.29) is 24.3 Å². The van der Waals surface area contributed by atoms with E-state index in [9.17, 15) is 9.59 Å². The fourth-order valence-electron chi connectivity index (χ4n) is 3.55. The van der Waals surface area contributed by atoms with Crippen LogP contribution in [0.3, 0.4) is 0 Å². The quantitative estimate of drug-likeness (QED) is 0.524. The third-order valence-corrected chi connectivity index (χ3v) is 5.09. The average molecular weight is 444 g/mol. The van der Waals surface area contributed by atoms with Crippen molar-refractivity contribution in [3.63, 3.8) is 0 Å². The minimum Gasteiger partial charge on any atom is -0.497 e. The maximum atomic E-state index is 13.4. The minimum atomic E-state index is -0.404. The van der Waals surface area contributed by atoms with Crippen LogP contribution in [-0.4, -0.2) is 34.9 Å². The number of rotatable bonds is 8. The van der Waals surface area contributed by atoms with Gasteiger partial charge in [0.2, 0.25) is 0 Å². The molecule has 0 spiro atoms. The summed E-state index contributed by atoms with van der Waals surface area (Å²) in [6.45, 7) is 3.98. The van der Waals surface area contributed by atoms with E-state index in [1.54, 1.807) is 74.0 Å². The smallest absolute Gasteiger partial charge is 0.278 e. The van der Waals surface area contributed by atoms with Crippen LogP contribution in [0.4, 0.5) is 5.69 Å². The first-order valence-electron chi connectivity index (χ1n) is 10.6. The van der Waals surface area contributed by atoms with Crippen molar-refractivity contribution in [2.24, 2.45) is 0 Å². The highest BCUT2D eigenvalue weighted by atomic mass is 16.5. The monoisotopic (exact) mass is 443 g/mol. The van der Waals surface area contributed by atoms with Crippen LogP contribution in [0.2, 0.25) is 0 Å². The number of carbonyl (C=O) groups excluding carboxylic acids is 2. The number of hydrogen-bond acceptors (Lipinski definition) is 6. The van der Waals surface area contributed by atoms with Gasteiger partial charge in [0, 0.05) is 11.9 Å². The molecule has 0 atom stereocenters. The molecule has 2 aromatic carbocycles. The molecule has 3 aromatic rings. The Balaban J connectivity index is 1.70. The second kappa shape index (κ2) is 9.56. The van der Waals surface area contributed by atoms with Crippen LogP contribution in [0.25, 0.3) is 5.57 Å². The number of pyridine rings is 1. The highest BCUT2D eigenvalue weighted by Crippen LogP contribution is 2.32. The normalized spacial score (nSPS) is 13.6. The third kappa shape index (κ3) is 4.87. The molecular weight excluding hydrogens is 418 g/mol. The largest absolute Gasteiger partial charge is 0.497 e. The van der Waals surface area contributed by atoms with Crippen LogP contribution in [-0.2, 0) is 16.1 Å². The lowest BCUT2D eigenvalue weighted by Crippen LogP contribution is -2.32. The molecule has 1 N–H and O–H groups in total. The van der Waals surface area contributed by atoms with E-state index in [2.05, 4.69) is 10.3 Å². The van der Waals surface area contributed by atoms with Crippen LogP contribution in [0.5, 0.6) is 11.5 Å². The van der Waals surface area contributed by atoms with Crippen molar-refractivity contribution >= 4 is 23.1 Å². The molecule has 0 fully saturated rings. The molecule has 33 heavy (non-hydrogen) atoms. The van der Waals surface area contributed by atoms with E-state index < -0.39 is 5.91 Å². The molecule has 7 heteroatoms. The summed E-state index contributed by atoms with van der Waals surface area (Å²) in [6, 6.07) is 19.7. The van der Waals surface area contributed by atoms with E-state index in [1.807, 2.05) is 19.9 Å². The average Bonchev–Trinajstić information content (AvgIpc) is 3.05. The highest BCUT2D eigenvalue weighted by Gasteiger charge is 2.39. The maximum absolute atomic E-state index is 13.4. The predicted octanol–water partition coefficient (Wildman–Crippen LogP) is 4.27. The summed E-state index contributed by atoms with van der Waals surface area (Å²) in [5, 5.41) is 3.14. The van der Waals surface area contributed by atoms with E-state index in [1.165, 1.54) is 4.90 Å². The van der Waals surface area contributed by atoms with Crippen molar-refractivity contribution in [2.45, 2.75) is 26.5 Å². The van der Waals surface area contributed by atoms with Crippen LogP contribution in [0.15, 0.2) is 78.6 Å². The number of benzene rings is 2. The second-order valence-electron chi connectivity index (χ2n) is 7.81. The Bertz CT molecular complexity index is 1170. The van der Waals surface area contributed by atoms with Gasteiger partial charge in [-0.05, 0) is 67.9 Å². The molecule has 0 saturated carbocycles. The number of nitrogens with one attached hydrogen (secondary N) is 1. The Kier molecular flexibility index (Phi) is 6.40. The number of anilines is 1. The number of nitrogens with zero attached hydrogens (tertiary/aromatic N) is 2. The number of aromatic nitrogens is 1. The van der Waals surface area contributed by atoms with Gasteiger partial charge in [0.1, 0.15) is 17.2 Å². The number of ether oxygens (including phenoxy) is 2. The standard InChI is InChI=1S/C26H25N3O4/c1-17(2)33-22-11-7-18(8-12-22)23-24(28-19-9-13-21(32-3)14-10-19)26(31)29(25(23)30)16-20-6-4-5-15-27-20/h4-15,17,28H,16H2,1-3H3. The van der Waals surface area contributed by atoms with Crippen molar-refractivity contribution in [1.29, 1.82) is 0 Å². The Hall–Kier alpha value is -4.13. The molecule has 1 aliphatic rings. The summed E-state index contributed by atoms with van der Waals surface area (Å²) in [4.78, 5) is 32.2. The van der Waals surface area contributed by atoms with Gasteiger partial charge in [-0.15, -0.1) is 0 Å². The van der Waals surface area contributed by atoms with Crippen molar-refractivity contribution in [2.75, 3.05) is 12.4 Å². The van der Waals surface area contributed by atoms with Crippen molar-refractivity contribution in [3.8, 4) is 11.5 Å². The number of hydrogen-bond donors (Lipinski definition) is 1. The van der Waals surface area contributed by atoms with Crippen molar-refractivity contribution in [3.05, 3.63) is 89.9 Å². The molecule has 7 nitrogen and oxygen atoms in total. The molecule has 1 aromatic heterocycles. The van der Waals surface area contributed by atoms with Gasteiger partial charge in [0.15, 0.2) is 0 Å². The molecule has 168 valence electrons. The van der Waals surface area contributed by atoms with Gasteiger partial charge in [0.05, 0.1) is 31.0 Å². The lowest BCUT2D eigenvalue weighted by atomic mass is 10.0. The van der Waals surface area contributed by atoms with Crippen LogP contribution in [0, 0.1) is 0 Å². The zero-order valence-electron chi connectivity index (χ0n) is 18.7. The first-order valence-corrected chi connectivity index (χ1v) is 10.6. The first kappa shape index (κ1) is 22.1. The SMILES string of the molecule is COc1ccc(NC2=C(c3ccc(OC(C)C)cc3)C(=O)N(Cc3ccccn3)C2=O)cc1. The topological polar surface area (TPSA) is 80.8 Å². The number of carbonyl (C=O) groups is 2. The van der Waals surface area contributed by atoms with Gasteiger partial charge in [-0.25, -0.2) is 0 Å². The molecule has 2 amide bonds. The van der Waals surface area contributed by atoms with Crippen LogP contribution in [0.1, 0.15) is 25.1 Å². The summed E-state index contributed by atoms with van der Waals surface area (Å²) in [5.41, 5.74) is 2.46. The minimum absolute atomic E-state index is 0.0333. The lowest BCUT2D eigenvalue weighted by Gasteiger charge is -2.15. The van der Waals surface area contributed by atoms with Crippen molar-refractivity contribution in [1.82, 2.24) is 9.88 Å². The Morgan fingerprint density at radius 3 is 2.21 bits per heavy atom. The summed E-state index contributed by atoms with van der Waals surface area (Å²) < 4.78 is 10.9. The molecule has 0 saturated heterocycles. The predicted molar refractivity (Wildman–Crippen MR) is 126 cm³/mol. The van der Waals surface area contributed by atoms with E-state index in [0.29, 0.717) is 34.0 Å². The summed E-state index contributed by atoms with van der Waals surface area (Å²) >= 11 is 0. The third-order valence-electron chi connectivity index (χ3n) is 5.09. The molecule has 0 bridgehead atoms. The molecule has 2 heterocycles. The first-order chi connectivity index (χ1) is 16.0. The zero-order chi connectivity index (χ0) is 23.4. The second-order valence-corrected chi connectivity index (χ2v) is 7.81. The summed E-state index contributed by atoms with van der Waals surface area (Å²) in [6.07, 6.45) is 1.67. The fraction of sp³-hybridized carbons (Fsp3) is 0.192. The Labute approximate surface area is 192 Å². The van der Waals surface area contributed by atoms with Gasteiger partial charge < -0.3 is 14.8 Å². The summed E-state index contributed by atoms with van der Waals surface area (Å²) in [7, 11) is 1.59. The number of imide groups is 1. The molecule has 4 rings (SSSR count). The highest BCUT2D eigenvalue weighted by molar-refractivity contribution is 6.36. The van der Waals surface area contributed by atoms with Gasteiger partial charge in [0.25, 0.3) is 11.8 Å². The lowest BCUT2D eigenvalue weighted by molar-refractivity contribution is -0.137. The molecular formula is C26H25N3O4. The van der Waals surface area contributed by atoms with Crippen LogP contribution >= 0.6 is 0 Å². The van der Waals surface area contributed by atoms with Crippen LogP contribution < -0.4 is 14.8 Å². The van der Waals surface area contributed by atoms with Gasteiger partial charge in [-0.1, -0.05) is 18.2 Å². The fourth-order valence-corrected chi connectivity index (χ4v) is 3.55. The van der Waals surface area contributed by atoms with E-state index in [0.717, 1.165) is 0 Å². The van der Waals surface area contributed by atoms with E-state index in [4.69, 9.17) is 9.47 Å². The number of methoxy groups -OCH3 is 1. The van der Waals surface area contributed by atoms with Gasteiger partial charge >= 0.3 is 0 Å². The molecule has 1 aliphatic heterocycles.